The number of pyridine rings is 1. The van der Waals surface area contributed by atoms with Gasteiger partial charge in [-0.15, -0.1) is 0 Å². The van der Waals surface area contributed by atoms with Crippen LogP contribution in [-0.4, -0.2) is 29.2 Å². The van der Waals surface area contributed by atoms with Crippen LogP contribution in [0.25, 0.3) is 11.1 Å². The highest BCUT2D eigenvalue weighted by Gasteiger charge is 2.17. The van der Waals surface area contributed by atoms with E-state index in [9.17, 15) is 0 Å². The smallest absolute Gasteiger partial charge is 0.295 e. The fourth-order valence-corrected chi connectivity index (χ4v) is 2.90. The van der Waals surface area contributed by atoms with E-state index in [1.807, 2.05) is 31.2 Å². The van der Waals surface area contributed by atoms with Crippen molar-refractivity contribution in [1.29, 1.82) is 0 Å². The predicted octanol–water partition coefficient (Wildman–Crippen LogP) is 2.88. The van der Waals surface area contributed by atoms with Crippen molar-refractivity contribution in [1.82, 2.24) is 15.3 Å². The average molecular weight is 324 g/mol. The van der Waals surface area contributed by atoms with Crippen LogP contribution in [0.2, 0.25) is 0 Å². The molecule has 3 aromatic rings. The van der Waals surface area contributed by atoms with Crippen molar-refractivity contribution in [2.45, 2.75) is 26.0 Å². The molecule has 0 amide bonds. The summed E-state index contributed by atoms with van der Waals surface area (Å²) in [4.78, 5) is 8.65. The van der Waals surface area contributed by atoms with Gasteiger partial charge in [0.15, 0.2) is 5.58 Å². The minimum absolute atomic E-state index is 0.208. The van der Waals surface area contributed by atoms with Crippen molar-refractivity contribution in [2.75, 3.05) is 18.4 Å². The van der Waals surface area contributed by atoms with Gasteiger partial charge >= 0.3 is 0 Å². The van der Waals surface area contributed by atoms with Gasteiger partial charge in [-0.3, -0.25) is 4.98 Å². The number of rotatable bonds is 5. The second kappa shape index (κ2) is 6.49. The Morgan fingerprint density at radius 3 is 3.17 bits per heavy atom. The van der Waals surface area contributed by atoms with Crippen LogP contribution >= 0.6 is 0 Å². The Labute approximate surface area is 140 Å². The zero-order valence-electron chi connectivity index (χ0n) is 13.6. The van der Waals surface area contributed by atoms with Gasteiger partial charge in [-0.1, -0.05) is 12.1 Å². The molecule has 2 aromatic heterocycles. The normalized spacial score (nSPS) is 17.3. The van der Waals surface area contributed by atoms with E-state index in [1.54, 1.807) is 12.4 Å². The number of ether oxygens (including phenoxy) is 1. The quantitative estimate of drug-likeness (QED) is 0.752. The first-order valence-corrected chi connectivity index (χ1v) is 8.20. The summed E-state index contributed by atoms with van der Waals surface area (Å²) in [6, 6.07) is 8.42. The van der Waals surface area contributed by atoms with Gasteiger partial charge < -0.3 is 19.8 Å². The zero-order chi connectivity index (χ0) is 16.4. The lowest BCUT2D eigenvalue weighted by atomic mass is 10.2. The van der Waals surface area contributed by atoms with Crippen molar-refractivity contribution >= 4 is 17.1 Å². The van der Waals surface area contributed by atoms with Crippen molar-refractivity contribution in [3.8, 4) is 5.75 Å². The van der Waals surface area contributed by atoms with Crippen molar-refractivity contribution in [2.24, 2.45) is 0 Å². The minimum atomic E-state index is 0.208. The average Bonchev–Trinajstić information content (AvgIpc) is 3.24. The SMILES string of the molecule is Cc1cccc2nc(NCc3ccncc3O[C@H]3CCNC3)oc12. The second-order valence-corrected chi connectivity index (χ2v) is 6.01. The number of nitrogens with zero attached hydrogens (tertiary/aromatic N) is 2. The molecule has 0 bridgehead atoms. The number of hydrogen-bond acceptors (Lipinski definition) is 6. The maximum Gasteiger partial charge on any atom is 0.295 e. The van der Waals surface area contributed by atoms with Crippen LogP contribution in [0.5, 0.6) is 5.75 Å². The first-order chi connectivity index (χ1) is 11.8. The van der Waals surface area contributed by atoms with E-state index >= 15 is 0 Å². The van der Waals surface area contributed by atoms with Crippen molar-refractivity contribution < 1.29 is 9.15 Å². The molecule has 2 N–H and O–H groups in total. The Balaban J connectivity index is 1.49. The molecule has 124 valence electrons. The molecule has 1 saturated heterocycles. The van der Waals surface area contributed by atoms with E-state index in [4.69, 9.17) is 9.15 Å². The molecule has 0 radical (unpaired) electrons. The highest BCUT2D eigenvalue weighted by Crippen LogP contribution is 2.24. The molecular weight excluding hydrogens is 304 g/mol. The van der Waals surface area contributed by atoms with Crippen LogP contribution in [0, 0.1) is 6.92 Å². The molecular formula is C18H20N4O2. The minimum Gasteiger partial charge on any atom is -0.487 e. The Kier molecular flexibility index (Phi) is 4.04. The van der Waals surface area contributed by atoms with Crippen LogP contribution in [0.4, 0.5) is 6.01 Å². The van der Waals surface area contributed by atoms with E-state index in [-0.39, 0.29) is 6.10 Å². The monoisotopic (exact) mass is 324 g/mol. The van der Waals surface area contributed by atoms with Gasteiger partial charge in [-0.2, -0.15) is 4.98 Å². The molecule has 0 spiro atoms. The number of nitrogens with one attached hydrogen (secondary N) is 2. The summed E-state index contributed by atoms with van der Waals surface area (Å²) < 4.78 is 11.9. The molecule has 0 aliphatic carbocycles. The third-order valence-electron chi connectivity index (χ3n) is 4.22. The maximum atomic E-state index is 6.06. The highest BCUT2D eigenvalue weighted by molar-refractivity contribution is 5.77. The Bertz CT molecular complexity index is 840. The number of anilines is 1. The third kappa shape index (κ3) is 3.05. The fraction of sp³-hybridized carbons (Fsp3) is 0.333. The van der Waals surface area contributed by atoms with Crippen LogP contribution in [0.3, 0.4) is 0 Å². The van der Waals surface area contributed by atoms with E-state index in [1.165, 1.54) is 0 Å². The molecule has 6 heteroatoms. The molecule has 24 heavy (non-hydrogen) atoms. The Morgan fingerprint density at radius 1 is 1.38 bits per heavy atom. The van der Waals surface area contributed by atoms with E-state index in [0.29, 0.717) is 12.6 Å². The van der Waals surface area contributed by atoms with Gasteiger partial charge in [0, 0.05) is 24.8 Å². The Hall–Kier alpha value is -2.60. The van der Waals surface area contributed by atoms with Gasteiger partial charge in [0.25, 0.3) is 6.01 Å². The number of aryl methyl sites for hydroxylation is 1. The first kappa shape index (κ1) is 15.0. The van der Waals surface area contributed by atoms with Crippen molar-refractivity contribution in [3.63, 3.8) is 0 Å². The van der Waals surface area contributed by atoms with E-state index in [0.717, 1.165) is 47.5 Å². The zero-order valence-corrected chi connectivity index (χ0v) is 13.6. The third-order valence-corrected chi connectivity index (χ3v) is 4.22. The van der Waals surface area contributed by atoms with E-state index in [2.05, 4.69) is 20.6 Å². The summed E-state index contributed by atoms with van der Waals surface area (Å²) in [6.07, 6.45) is 4.77. The molecule has 6 nitrogen and oxygen atoms in total. The molecule has 3 heterocycles. The number of aromatic nitrogens is 2. The molecule has 1 atom stereocenters. The van der Waals surface area contributed by atoms with Gasteiger partial charge in [-0.05, 0) is 37.6 Å². The maximum absolute atomic E-state index is 6.06. The molecule has 4 rings (SSSR count). The van der Waals surface area contributed by atoms with Gasteiger partial charge in [0.2, 0.25) is 0 Å². The summed E-state index contributed by atoms with van der Waals surface area (Å²) >= 11 is 0. The molecule has 1 fully saturated rings. The standard InChI is InChI=1S/C18H20N4O2/c1-12-3-2-4-15-17(12)24-18(22-15)21-9-13-5-7-20-11-16(13)23-14-6-8-19-10-14/h2-5,7,11,14,19H,6,8-10H2,1H3,(H,21,22)/t14-/m0/s1. The lowest BCUT2D eigenvalue weighted by Crippen LogP contribution is -2.20. The van der Waals surface area contributed by atoms with Gasteiger partial charge in [-0.25, -0.2) is 0 Å². The van der Waals surface area contributed by atoms with Crippen LogP contribution in [0.15, 0.2) is 41.1 Å². The largest absolute Gasteiger partial charge is 0.487 e. The lowest BCUT2D eigenvalue weighted by molar-refractivity contribution is 0.220. The van der Waals surface area contributed by atoms with E-state index < -0.39 is 0 Å². The molecule has 0 saturated carbocycles. The van der Waals surface area contributed by atoms with Gasteiger partial charge in [0.05, 0.1) is 6.20 Å². The van der Waals surface area contributed by atoms with Crippen LogP contribution in [0.1, 0.15) is 17.5 Å². The van der Waals surface area contributed by atoms with Crippen molar-refractivity contribution in [3.05, 3.63) is 47.8 Å². The molecule has 1 aromatic carbocycles. The number of benzene rings is 1. The predicted molar refractivity (Wildman–Crippen MR) is 92.2 cm³/mol. The van der Waals surface area contributed by atoms with Crippen LogP contribution < -0.4 is 15.4 Å². The summed E-state index contributed by atoms with van der Waals surface area (Å²) in [5.74, 6) is 0.811. The summed E-state index contributed by atoms with van der Waals surface area (Å²) in [5.41, 5.74) is 3.80. The number of fused-ring (bicyclic) bond motifs is 1. The highest BCUT2D eigenvalue weighted by atomic mass is 16.5. The summed E-state index contributed by atoms with van der Waals surface area (Å²) in [5, 5.41) is 6.55. The Morgan fingerprint density at radius 2 is 2.33 bits per heavy atom. The fourth-order valence-electron chi connectivity index (χ4n) is 2.90. The summed E-state index contributed by atoms with van der Waals surface area (Å²) in [7, 11) is 0. The number of para-hydroxylation sites is 1. The van der Waals surface area contributed by atoms with Crippen LogP contribution in [-0.2, 0) is 6.54 Å². The molecule has 1 aliphatic heterocycles. The lowest BCUT2D eigenvalue weighted by Gasteiger charge is -2.15. The topological polar surface area (TPSA) is 72.2 Å². The van der Waals surface area contributed by atoms with Gasteiger partial charge in [0.1, 0.15) is 17.4 Å². The molecule has 1 aliphatic rings. The summed E-state index contributed by atoms with van der Waals surface area (Å²) in [6.45, 7) is 4.47. The first-order valence-electron chi connectivity index (χ1n) is 8.20. The molecule has 0 unspecified atom stereocenters. The number of hydrogen-bond donors (Lipinski definition) is 2. The second-order valence-electron chi connectivity index (χ2n) is 6.01. The number of oxazole rings is 1.